The van der Waals surface area contributed by atoms with E-state index >= 15 is 0 Å². The third-order valence-corrected chi connectivity index (χ3v) is 6.90. The standard InChI is InChI=1S/C19H31N6O4P/c1-7-20-11-27-30(25(12(2)3)13(4)5)29-15-8-16(28-14(15)6)24-10-23-17-18(24)21-9-22-19(17)26/h9-16H,7-8H2,1-6H3,(H,21,22,26)/t14?,15-,16?,30?/m1/s1. The minimum Gasteiger partial charge on any atom is -0.425 e. The summed E-state index contributed by atoms with van der Waals surface area (Å²) in [4.78, 5) is 27.1. The van der Waals surface area contributed by atoms with Gasteiger partial charge in [0.1, 0.15) is 6.23 Å². The van der Waals surface area contributed by atoms with Crippen LogP contribution in [0, 0.1) is 0 Å². The van der Waals surface area contributed by atoms with E-state index in [1.807, 2.05) is 13.8 Å². The van der Waals surface area contributed by atoms with Crippen LogP contribution in [0.5, 0.6) is 0 Å². The Morgan fingerprint density at radius 3 is 2.80 bits per heavy atom. The summed E-state index contributed by atoms with van der Waals surface area (Å²) in [7, 11) is -1.36. The Hall–Kier alpha value is -1.87. The highest BCUT2D eigenvalue weighted by Crippen LogP contribution is 2.49. The van der Waals surface area contributed by atoms with Gasteiger partial charge >= 0.3 is 8.53 Å². The second-order valence-corrected chi connectivity index (χ2v) is 9.11. The number of aliphatic imine (C=N–C) groups is 1. The number of aromatic nitrogens is 4. The van der Waals surface area contributed by atoms with Crippen LogP contribution >= 0.6 is 8.53 Å². The molecule has 0 spiro atoms. The first-order valence-electron chi connectivity index (χ1n) is 10.3. The lowest BCUT2D eigenvalue weighted by Crippen LogP contribution is -2.35. The maximum atomic E-state index is 11.9. The number of ether oxygens (including phenoxy) is 1. The molecule has 1 fully saturated rings. The fourth-order valence-electron chi connectivity index (χ4n) is 3.53. The second kappa shape index (κ2) is 9.96. The number of H-pyrrole nitrogens is 1. The van der Waals surface area contributed by atoms with Gasteiger partial charge in [-0.25, -0.2) is 14.6 Å². The summed E-state index contributed by atoms with van der Waals surface area (Å²) >= 11 is 0. The predicted octanol–water partition coefficient (Wildman–Crippen LogP) is 3.22. The highest BCUT2D eigenvalue weighted by Gasteiger charge is 2.40. The zero-order valence-corrected chi connectivity index (χ0v) is 19.2. The summed E-state index contributed by atoms with van der Waals surface area (Å²) in [6.45, 7) is 13.1. The van der Waals surface area contributed by atoms with E-state index in [2.05, 4.69) is 52.3 Å². The first-order valence-corrected chi connectivity index (χ1v) is 11.4. The SMILES string of the molecule is CCN=COP(O[C@@H]1CC(n2cnc3c(=O)[nH]cnc32)OC1C)N(C(C)C)C(C)C. The molecule has 3 rings (SSSR count). The van der Waals surface area contributed by atoms with Crippen LogP contribution < -0.4 is 5.56 Å². The lowest BCUT2D eigenvalue weighted by Gasteiger charge is -2.36. The van der Waals surface area contributed by atoms with Crippen LogP contribution in [0.3, 0.4) is 0 Å². The lowest BCUT2D eigenvalue weighted by molar-refractivity contribution is -0.00382. The van der Waals surface area contributed by atoms with Crippen LogP contribution in [0.15, 0.2) is 22.4 Å². The van der Waals surface area contributed by atoms with Crippen molar-refractivity contribution in [2.45, 2.75) is 78.5 Å². The minimum atomic E-state index is -1.36. The second-order valence-electron chi connectivity index (χ2n) is 7.75. The maximum absolute atomic E-state index is 11.9. The van der Waals surface area contributed by atoms with Crippen molar-refractivity contribution in [2.75, 3.05) is 6.54 Å². The Balaban J connectivity index is 1.79. The number of rotatable bonds is 9. The quantitative estimate of drug-likeness (QED) is 0.364. The summed E-state index contributed by atoms with van der Waals surface area (Å²) in [5.41, 5.74) is 0.524. The van der Waals surface area contributed by atoms with Crippen molar-refractivity contribution >= 4 is 26.1 Å². The molecule has 0 radical (unpaired) electrons. The largest absolute Gasteiger partial charge is 0.425 e. The summed E-state index contributed by atoms with van der Waals surface area (Å²) in [6.07, 6.45) is 4.38. The molecule has 2 aromatic heterocycles. The fourth-order valence-corrected chi connectivity index (χ4v) is 5.19. The maximum Gasteiger partial charge on any atom is 0.322 e. The summed E-state index contributed by atoms with van der Waals surface area (Å²) in [6, 6.07) is 0.487. The molecule has 11 heteroatoms. The van der Waals surface area contributed by atoms with Crippen LogP contribution in [-0.4, -0.2) is 61.4 Å². The number of nitrogens with zero attached hydrogens (tertiary/aromatic N) is 5. The molecule has 1 aliphatic rings. The predicted molar refractivity (Wildman–Crippen MR) is 116 cm³/mol. The van der Waals surface area contributed by atoms with Gasteiger partial charge < -0.3 is 18.8 Å². The van der Waals surface area contributed by atoms with Gasteiger partial charge in [0.05, 0.1) is 24.9 Å². The molecule has 4 atom stereocenters. The molecule has 0 aromatic carbocycles. The van der Waals surface area contributed by atoms with Crippen molar-refractivity contribution in [1.29, 1.82) is 0 Å². The van der Waals surface area contributed by atoms with Crippen molar-refractivity contribution in [2.24, 2.45) is 4.99 Å². The molecule has 1 saturated heterocycles. The van der Waals surface area contributed by atoms with Crippen molar-refractivity contribution in [1.82, 2.24) is 24.2 Å². The average molecular weight is 438 g/mol. The molecule has 1 aliphatic heterocycles. The first-order chi connectivity index (χ1) is 14.3. The van der Waals surface area contributed by atoms with Gasteiger partial charge in [-0.3, -0.25) is 14.4 Å². The van der Waals surface area contributed by atoms with Crippen molar-refractivity contribution < 1.29 is 13.8 Å². The molecule has 166 valence electrons. The molecule has 0 aliphatic carbocycles. The smallest absolute Gasteiger partial charge is 0.322 e. The fraction of sp³-hybridized carbons (Fsp3) is 0.684. The Morgan fingerprint density at radius 2 is 2.13 bits per heavy atom. The van der Waals surface area contributed by atoms with Crippen LogP contribution in [0.4, 0.5) is 0 Å². The van der Waals surface area contributed by atoms with Gasteiger partial charge in [-0.1, -0.05) is 0 Å². The van der Waals surface area contributed by atoms with Crippen molar-refractivity contribution in [3.63, 3.8) is 0 Å². The van der Waals surface area contributed by atoms with E-state index in [9.17, 15) is 4.79 Å². The summed E-state index contributed by atoms with van der Waals surface area (Å²) < 4.78 is 22.5. The minimum absolute atomic E-state index is 0.160. The molecular formula is C19H31N6O4P. The Morgan fingerprint density at radius 1 is 1.40 bits per heavy atom. The number of fused-ring (bicyclic) bond motifs is 1. The van der Waals surface area contributed by atoms with Crippen molar-refractivity contribution in [3.8, 4) is 0 Å². The van der Waals surface area contributed by atoms with Crippen LogP contribution in [0.2, 0.25) is 0 Å². The van der Waals surface area contributed by atoms with Crippen molar-refractivity contribution in [3.05, 3.63) is 23.0 Å². The van der Waals surface area contributed by atoms with Gasteiger partial charge in [0.2, 0.25) is 0 Å². The third kappa shape index (κ3) is 4.88. The topological polar surface area (TPSA) is 107 Å². The molecule has 3 unspecified atom stereocenters. The molecule has 30 heavy (non-hydrogen) atoms. The molecule has 3 heterocycles. The zero-order chi connectivity index (χ0) is 21.8. The van der Waals surface area contributed by atoms with Gasteiger partial charge in [-0.2, -0.15) is 0 Å². The van der Waals surface area contributed by atoms with Crippen LogP contribution in [-0.2, 0) is 13.8 Å². The molecule has 0 amide bonds. The van der Waals surface area contributed by atoms with Gasteiger partial charge in [-0.15, -0.1) is 0 Å². The van der Waals surface area contributed by atoms with E-state index < -0.39 is 8.53 Å². The van der Waals surface area contributed by atoms with Gasteiger partial charge in [-0.05, 0) is 41.5 Å². The Bertz CT molecular complexity index is 906. The number of aromatic amines is 1. The van der Waals surface area contributed by atoms with Gasteiger partial charge in [0.25, 0.3) is 5.56 Å². The monoisotopic (exact) mass is 438 g/mol. The summed E-state index contributed by atoms with van der Waals surface area (Å²) in [5, 5.41) is 0. The highest BCUT2D eigenvalue weighted by molar-refractivity contribution is 7.45. The highest BCUT2D eigenvalue weighted by atomic mass is 31.2. The Kier molecular flexibility index (Phi) is 7.57. The van der Waals surface area contributed by atoms with Crippen LogP contribution in [0.25, 0.3) is 11.2 Å². The van der Waals surface area contributed by atoms with E-state index in [-0.39, 0.29) is 36.1 Å². The molecule has 0 saturated carbocycles. The Labute approximate surface area is 177 Å². The van der Waals surface area contributed by atoms with E-state index in [0.717, 1.165) is 0 Å². The normalized spacial score (nSPS) is 23.4. The lowest BCUT2D eigenvalue weighted by atomic mass is 10.2. The third-order valence-electron chi connectivity index (χ3n) is 4.87. The number of hydrogen-bond acceptors (Lipinski definition) is 8. The van der Waals surface area contributed by atoms with E-state index in [4.69, 9.17) is 13.8 Å². The van der Waals surface area contributed by atoms with E-state index in [0.29, 0.717) is 24.1 Å². The molecular weight excluding hydrogens is 407 g/mol. The molecule has 1 N–H and O–H groups in total. The number of hydrogen-bond donors (Lipinski definition) is 1. The van der Waals surface area contributed by atoms with Crippen LogP contribution in [0.1, 0.15) is 54.2 Å². The van der Waals surface area contributed by atoms with E-state index in [1.54, 1.807) is 10.9 Å². The van der Waals surface area contributed by atoms with Gasteiger partial charge in [0.15, 0.2) is 17.6 Å². The number of nitrogens with one attached hydrogen (secondary N) is 1. The average Bonchev–Trinajstić information content (AvgIpc) is 3.26. The summed E-state index contributed by atoms with van der Waals surface area (Å²) in [5.74, 6) is 0. The molecule has 0 bridgehead atoms. The molecule has 10 nitrogen and oxygen atoms in total. The molecule has 2 aromatic rings. The number of imidazole rings is 1. The van der Waals surface area contributed by atoms with Gasteiger partial charge in [0, 0.05) is 25.0 Å². The first kappa shape index (κ1) is 22.8. The zero-order valence-electron chi connectivity index (χ0n) is 18.3. The van der Waals surface area contributed by atoms with E-state index in [1.165, 1.54) is 12.7 Å².